The smallest absolute Gasteiger partial charge is 0.861 e. The number of aryl methyl sites for hydroxylation is 1. The standard InChI is InChI=1S/C11H13NO5S.Li/c1-7-4-3-5-9(18(15,16)17)11(7)12-10(14)6-8(2)13;/h3-5H,6H2,1-2H3,(H,12,14)(H,15,16,17);/q;+1/p-1. The van der Waals surface area contributed by atoms with Crippen LogP contribution in [0.15, 0.2) is 28.1 Å². The number of benzene rings is 1. The molecule has 0 aliphatic rings. The predicted molar refractivity (Wildman–Crippen MR) is 63.4 cm³/mol. The van der Waals surface area contributed by atoms with Gasteiger partial charge in [0.2, 0.25) is 0 Å². The van der Waals surface area contributed by atoms with E-state index < -0.39 is 27.3 Å². The van der Waals surface area contributed by atoms with Gasteiger partial charge in [-0.25, -0.2) is 0 Å². The molecule has 1 aromatic rings. The summed E-state index contributed by atoms with van der Waals surface area (Å²) in [4.78, 5) is 13.9. The van der Waals surface area contributed by atoms with Crippen LogP contribution in [0.1, 0.15) is 18.9 Å². The summed E-state index contributed by atoms with van der Waals surface area (Å²) in [6.45, 7) is 2.78. The molecule has 1 rings (SSSR count). The van der Waals surface area contributed by atoms with E-state index in [2.05, 4.69) is 4.99 Å². The Morgan fingerprint density at radius 2 is 2.00 bits per heavy atom. The van der Waals surface area contributed by atoms with Crippen molar-refractivity contribution in [2.75, 3.05) is 0 Å². The molecule has 98 valence electrons. The summed E-state index contributed by atoms with van der Waals surface area (Å²) in [5, 5.41) is 11.4. The normalized spacial score (nSPS) is 11.8. The van der Waals surface area contributed by atoms with E-state index in [0.29, 0.717) is 5.56 Å². The third-order valence-corrected chi connectivity index (χ3v) is 3.00. The van der Waals surface area contributed by atoms with Crippen LogP contribution >= 0.6 is 0 Å². The maximum Gasteiger partial charge on any atom is 1.00 e. The Balaban J connectivity index is 0.00000324. The topological polar surface area (TPSA) is 107 Å². The molecule has 19 heavy (non-hydrogen) atoms. The van der Waals surface area contributed by atoms with E-state index in [1.807, 2.05) is 0 Å². The molecule has 0 atom stereocenters. The minimum atomic E-state index is -4.46. The molecular formula is C11H12LiNO5S. The molecule has 0 aromatic heterocycles. The summed E-state index contributed by atoms with van der Waals surface area (Å²) in [7, 11) is -4.46. The summed E-state index contributed by atoms with van der Waals surface area (Å²) >= 11 is 0. The Morgan fingerprint density at radius 1 is 1.42 bits per heavy atom. The van der Waals surface area contributed by atoms with Crippen LogP contribution in [-0.2, 0) is 14.9 Å². The van der Waals surface area contributed by atoms with Crippen LogP contribution in [0.25, 0.3) is 0 Å². The van der Waals surface area contributed by atoms with E-state index in [0.717, 1.165) is 6.07 Å². The first-order valence-electron chi connectivity index (χ1n) is 5.03. The molecule has 0 unspecified atom stereocenters. The zero-order valence-electron chi connectivity index (χ0n) is 10.9. The molecular weight excluding hydrogens is 265 g/mol. The number of hydrogen-bond donors (Lipinski definition) is 1. The van der Waals surface area contributed by atoms with Gasteiger partial charge >= 0.3 is 18.9 Å². The van der Waals surface area contributed by atoms with Gasteiger partial charge in [0.1, 0.15) is 10.7 Å². The second kappa shape index (κ2) is 6.87. The van der Waals surface area contributed by atoms with Crippen molar-refractivity contribution in [3.05, 3.63) is 23.8 Å². The largest absolute Gasteiger partial charge is 1.00 e. The summed E-state index contributed by atoms with van der Waals surface area (Å²) in [6, 6.07) is 4.11. The van der Waals surface area contributed by atoms with Crippen LogP contribution < -0.4 is 24.0 Å². The second-order valence-electron chi connectivity index (χ2n) is 3.78. The van der Waals surface area contributed by atoms with Crippen molar-refractivity contribution >= 4 is 27.5 Å². The molecule has 8 heteroatoms. The molecule has 0 fully saturated rings. The number of carbonyl (C=O) groups excluding carboxylic acids is 1. The number of aliphatic imine (C=N–C) groups is 1. The average molecular weight is 277 g/mol. The van der Waals surface area contributed by atoms with Crippen LogP contribution in [0.4, 0.5) is 5.69 Å². The zero-order chi connectivity index (χ0) is 13.9. The van der Waals surface area contributed by atoms with Crippen LogP contribution in [0.5, 0.6) is 0 Å². The number of hydrogen-bond acceptors (Lipinski definition) is 5. The van der Waals surface area contributed by atoms with Gasteiger partial charge in [-0.3, -0.25) is 14.3 Å². The molecule has 0 saturated heterocycles. The molecule has 0 saturated carbocycles. The van der Waals surface area contributed by atoms with E-state index in [1.165, 1.54) is 13.0 Å². The molecule has 0 heterocycles. The molecule has 6 nitrogen and oxygen atoms in total. The van der Waals surface area contributed by atoms with Gasteiger partial charge in [0.25, 0.3) is 10.1 Å². The van der Waals surface area contributed by atoms with Gasteiger partial charge in [0, 0.05) is 6.42 Å². The van der Waals surface area contributed by atoms with Crippen molar-refractivity contribution in [1.82, 2.24) is 0 Å². The summed E-state index contributed by atoms with van der Waals surface area (Å²) in [5.41, 5.74) is 0.285. The van der Waals surface area contributed by atoms with E-state index >= 15 is 0 Å². The molecule has 1 N–H and O–H groups in total. The predicted octanol–water partition coefficient (Wildman–Crippen LogP) is -2.38. The minimum Gasteiger partial charge on any atom is -0.861 e. The maximum atomic E-state index is 11.4. The number of carbonyl (C=O) groups is 1. The van der Waals surface area contributed by atoms with E-state index in [-0.39, 0.29) is 30.3 Å². The average Bonchev–Trinajstić information content (AvgIpc) is 2.18. The van der Waals surface area contributed by atoms with Crippen molar-refractivity contribution in [2.24, 2.45) is 4.99 Å². The third-order valence-electron chi connectivity index (χ3n) is 2.12. The van der Waals surface area contributed by atoms with E-state index in [9.17, 15) is 18.3 Å². The fourth-order valence-corrected chi connectivity index (χ4v) is 2.06. The first-order valence-corrected chi connectivity index (χ1v) is 6.47. The Bertz CT molecular complexity index is 610. The van der Waals surface area contributed by atoms with Crippen molar-refractivity contribution < 1.29 is 41.7 Å². The number of para-hydroxylation sites is 1. The van der Waals surface area contributed by atoms with Gasteiger partial charge in [0.15, 0.2) is 0 Å². The maximum absolute atomic E-state index is 11.4. The van der Waals surface area contributed by atoms with Gasteiger partial charge < -0.3 is 5.11 Å². The second-order valence-corrected chi connectivity index (χ2v) is 5.17. The van der Waals surface area contributed by atoms with Gasteiger partial charge in [-0.15, -0.1) is 0 Å². The number of rotatable bonds is 4. The Morgan fingerprint density at radius 3 is 2.47 bits per heavy atom. The molecule has 0 spiro atoms. The van der Waals surface area contributed by atoms with Gasteiger partial charge in [-0.2, -0.15) is 8.42 Å². The molecule has 1 aromatic carbocycles. The first-order chi connectivity index (χ1) is 8.21. The molecule has 0 aliphatic carbocycles. The number of Topliss-reactive ketones (excluding diaryl/α,β-unsaturated/α-hetero) is 1. The van der Waals surface area contributed by atoms with Gasteiger partial charge in [-0.1, -0.05) is 12.1 Å². The SMILES string of the molecule is CC(=O)CC([O-])=Nc1c(C)cccc1S(=O)(=O)O.[Li+]. The van der Waals surface area contributed by atoms with Crippen molar-refractivity contribution in [1.29, 1.82) is 0 Å². The fourth-order valence-electron chi connectivity index (χ4n) is 1.36. The van der Waals surface area contributed by atoms with Crippen LogP contribution in [0.3, 0.4) is 0 Å². The van der Waals surface area contributed by atoms with Crippen LogP contribution in [0, 0.1) is 6.92 Å². The Labute approximate surface area is 123 Å². The fraction of sp³-hybridized carbons (Fsp3) is 0.273. The van der Waals surface area contributed by atoms with E-state index in [4.69, 9.17) is 4.55 Å². The summed E-state index contributed by atoms with van der Waals surface area (Å²) in [6.07, 6.45) is -0.404. The van der Waals surface area contributed by atoms with Crippen molar-refractivity contribution in [3.63, 3.8) is 0 Å². The van der Waals surface area contributed by atoms with Gasteiger partial charge in [-0.05, 0) is 31.4 Å². The van der Waals surface area contributed by atoms with Crippen LogP contribution in [0.2, 0.25) is 0 Å². The minimum absolute atomic E-state index is 0. The third kappa shape index (κ3) is 5.16. The first kappa shape index (κ1) is 17.9. The van der Waals surface area contributed by atoms with Gasteiger partial charge in [0.05, 0.1) is 5.69 Å². The Hall–Kier alpha value is -1.13. The summed E-state index contributed by atoms with van der Waals surface area (Å²) in [5.74, 6) is -1.12. The van der Waals surface area contributed by atoms with Crippen molar-refractivity contribution in [2.45, 2.75) is 25.2 Å². The van der Waals surface area contributed by atoms with Crippen molar-refractivity contribution in [3.8, 4) is 0 Å². The molecule has 0 radical (unpaired) electrons. The number of nitrogens with zero attached hydrogens (tertiary/aromatic N) is 1. The monoisotopic (exact) mass is 277 g/mol. The molecule has 0 amide bonds. The molecule has 0 bridgehead atoms. The van der Waals surface area contributed by atoms with E-state index in [1.54, 1.807) is 13.0 Å². The Kier molecular flexibility index (Phi) is 6.46. The number of ketones is 1. The van der Waals surface area contributed by atoms with Crippen LogP contribution in [-0.4, -0.2) is 24.7 Å². The summed E-state index contributed by atoms with van der Waals surface area (Å²) < 4.78 is 31.3. The zero-order valence-corrected chi connectivity index (χ0v) is 11.7. The molecule has 0 aliphatic heterocycles. The quantitative estimate of drug-likeness (QED) is 0.286.